The van der Waals surface area contributed by atoms with Gasteiger partial charge in [0.2, 0.25) is 0 Å². The van der Waals surface area contributed by atoms with Crippen molar-refractivity contribution >= 4 is 44.8 Å². The van der Waals surface area contributed by atoms with E-state index in [0.717, 1.165) is 29.5 Å². The highest BCUT2D eigenvalue weighted by atomic mass is 79.9. The molecule has 2 aromatic rings. The van der Waals surface area contributed by atoms with Gasteiger partial charge in [-0.2, -0.15) is 5.10 Å². The van der Waals surface area contributed by atoms with E-state index >= 15 is 0 Å². The van der Waals surface area contributed by atoms with Crippen LogP contribution in [0.5, 0.6) is 0 Å². The molecular weight excluding hydrogens is 394 g/mol. The highest BCUT2D eigenvalue weighted by Gasteiger charge is 2.00. The van der Waals surface area contributed by atoms with Gasteiger partial charge in [0.15, 0.2) is 12.4 Å². The minimum absolute atomic E-state index is 0. The second-order valence-corrected chi connectivity index (χ2v) is 5.31. The summed E-state index contributed by atoms with van der Waals surface area (Å²) in [6.45, 7) is 1.03. The van der Waals surface area contributed by atoms with Gasteiger partial charge in [0, 0.05) is 36.5 Å². The van der Waals surface area contributed by atoms with Crippen LogP contribution in [-0.2, 0) is 6.54 Å². The molecule has 0 N–H and O–H groups in total. The van der Waals surface area contributed by atoms with E-state index in [1.54, 1.807) is 0 Å². The van der Waals surface area contributed by atoms with E-state index in [4.69, 9.17) is 0 Å². The Labute approximate surface area is 145 Å². The number of anilines is 1. The lowest BCUT2D eigenvalue weighted by molar-refractivity contribution is -0.696. The third kappa shape index (κ3) is 5.98. The fraction of sp³-hybridized carbons (Fsp3) is 0.250. The molecule has 0 spiro atoms. The summed E-state index contributed by atoms with van der Waals surface area (Å²) in [5.41, 5.74) is 2.18. The Morgan fingerprint density at radius 3 is 2.43 bits per heavy atom. The van der Waals surface area contributed by atoms with Crippen molar-refractivity contribution in [3.8, 4) is 0 Å². The number of benzene rings is 1. The Morgan fingerprint density at radius 2 is 1.81 bits per heavy atom. The molecule has 0 bridgehead atoms. The molecule has 0 fully saturated rings. The van der Waals surface area contributed by atoms with Gasteiger partial charge >= 0.3 is 0 Å². The Hall–Kier alpha value is -1.20. The topological polar surface area (TPSA) is 19.5 Å². The monoisotopic (exact) mass is 412 g/mol. The molecule has 0 aliphatic heterocycles. The summed E-state index contributed by atoms with van der Waals surface area (Å²) in [7, 11) is 1.95. The second-order valence-electron chi connectivity index (χ2n) is 4.52. The number of hydrogen-bond donors (Lipinski definition) is 0. The molecule has 1 aromatic heterocycles. The van der Waals surface area contributed by atoms with Gasteiger partial charge in [0.25, 0.3) is 0 Å². The van der Waals surface area contributed by atoms with E-state index in [1.165, 1.54) is 0 Å². The van der Waals surface area contributed by atoms with Crippen LogP contribution >= 0.6 is 32.9 Å². The number of alkyl halides is 1. The van der Waals surface area contributed by atoms with Gasteiger partial charge in [0.05, 0.1) is 11.9 Å². The molecule has 0 atom stereocenters. The lowest BCUT2D eigenvalue weighted by atomic mass is 10.3. The van der Waals surface area contributed by atoms with Crippen LogP contribution < -0.4 is 9.58 Å². The van der Waals surface area contributed by atoms with Gasteiger partial charge in [0.1, 0.15) is 6.54 Å². The number of halogens is 2. The normalized spacial score (nSPS) is 10.4. The maximum absolute atomic E-state index is 4.45. The molecule has 0 radical (unpaired) electrons. The Bertz CT molecular complexity index is 541. The van der Waals surface area contributed by atoms with Gasteiger partial charge in [-0.25, -0.2) is 4.57 Å². The standard InChI is InChI=1S/C16H19BrN3.BrH/c1-19(16-6-3-2-4-7-16)18-14-15-8-12-20(13-9-15)11-5-10-17;/h2-4,6-9,12-14H,5,10-11H2,1H3;1H/q+1;. The minimum atomic E-state index is 0. The average molecular weight is 414 g/mol. The van der Waals surface area contributed by atoms with Gasteiger partial charge in [-0.1, -0.05) is 34.1 Å². The highest BCUT2D eigenvalue weighted by molar-refractivity contribution is 9.09. The van der Waals surface area contributed by atoms with Crippen LogP contribution in [0.3, 0.4) is 0 Å². The average Bonchev–Trinajstić information content (AvgIpc) is 2.52. The quantitative estimate of drug-likeness (QED) is 0.305. The number of nitrogens with zero attached hydrogens (tertiary/aromatic N) is 3. The zero-order valence-corrected chi connectivity index (χ0v) is 15.3. The van der Waals surface area contributed by atoms with Crippen molar-refractivity contribution in [3.63, 3.8) is 0 Å². The smallest absolute Gasteiger partial charge is 0.169 e. The van der Waals surface area contributed by atoms with Crippen LogP contribution in [0.25, 0.3) is 0 Å². The van der Waals surface area contributed by atoms with E-state index in [9.17, 15) is 0 Å². The van der Waals surface area contributed by atoms with E-state index in [1.807, 2.05) is 48.6 Å². The minimum Gasteiger partial charge on any atom is -0.269 e. The highest BCUT2D eigenvalue weighted by Crippen LogP contribution is 2.10. The van der Waals surface area contributed by atoms with Crippen LogP contribution in [0.2, 0.25) is 0 Å². The molecule has 2 rings (SSSR count). The summed E-state index contributed by atoms with van der Waals surface area (Å²) in [5, 5.41) is 7.35. The van der Waals surface area contributed by atoms with E-state index < -0.39 is 0 Å². The largest absolute Gasteiger partial charge is 0.269 e. The predicted molar refractivity (Wildman–Crippen MR) is 97.8 cm³/mol. The Kier molecular flexibility index (Phi) is 8.23. The van der Waals surface area contributed by atoms with Gasteiger partial charge in [-0.05, 0) is 12.1 Å². The number of hydrazone groups is 1. The first kappa shape index (κ1) is 17.9. The zero-order valence-electron chi connectivity index (χ0n) is 12.0. The summed E-state index contributed by atoms with van der Waals surface area (Å²) in [4.78, 5) is 0. The van der Waals surface area contributed by atoms with Crippen LogP contribution in [0.4, 0.5) is 5.69 Å². The molecule has 5 heteroatoms. The van der Waals surface area contributed by atoms with Crippen molar-refractivity contribution < 1.29 is 4.57 Å². The summed E-state index contributed by atoms with van der Waals surface area (Å²) >= 11 is 3.44. The molecule has 0 saturated carbocycles. The van der Waals surface area contributed by atoms with Crippen molar-refractivity contribution in [2.24, 2.45) is 5.10 Å². The predicted octanol–water partition coefficient (Wildman–Crippen LogP) is 3.81. The molecule has 0 amide bonds. The number of para-hydroxylation sites is 1. The fourth-order valence-electron chi connectivity index (χ4n) is 1.81. The summed E-state index contributed by atoms with van der Waals surface area (Å²) in [6.07, 6.45) is 7.19. The molecular formula is C16H20Br2N3+. The summed E-state index contributed by atoms with van der Waals surface area (Å²) in [6, 6.07) is 14.3. The summed E-state index contributed by atoms with van der Waals surface area (Å²) in [5.74, 6) is 0. The van der Waals surface area contributed by atoms with Crippen molar-refractivity contribution in [2.45, 2.75) is 13.0 Å². The maximum atomic E-state index is 4.45. The molecule has 0 saturated heterocycles. The number of aromatic nitrogens is 1. The molecule has 0 aliphatic carbocycles. The van der Waals surface area contributed by atoms with E-state index in [0.29, 0.717) is 0 Å². The SMILES string of the molecule is Br.CN(/N=C/c1cc[n+](CCCBr)cc1)c1ccccc1. The number of rotatable bonds is 6. The van der Waals surface area contributed by atoms with Crippen LogP contribution in [0, 0.1) is 0 Å². The first-order valence-electron chi connectivity index (χ1n) is 6.67. The lowest BCUT2D eigenvalue weighted by Crippen LogP contribution is -2.32. The first-order chi connectivity index (χ1) is 9.79. The number of hydrogen-bond acceptors (Lipinski definition) is 2. The van der Waals surface area contributed by atoms with E-state index in [2.05, 4.69) is 50.1 Å². The third-order valence-corrected chi connectivity index (χ3v) is 3.54. The van der Waals surface area contributed by atoms with Gasteiger partial charge < -0.3 is 0 Å². The summed E-state index contributed by atoms with van der Waals surface area (Å²) < 4.78 is 2.18. The van der Waals surface area contributed by atoms with Crippen molar-refractivity contribution in [1.29, 1.82) is 0 Å². The van der Waals surface area contributed by atoms with Crippen LogP contribution in [0.15, 0.2) is 60.0 Å². The molecule has 3 nitrogen and oxygen atoms in total. The molecule has 1 aromatic carbocycles. The molecule has 112 valence electrons. The Balaban J connectivity index is 0.00000220. The molecule has 21 heavy (non-hydrogen) atoms. The van der Waals surface area contributed by atoms with Gasteiger partial charge in [-0.3, -0.25) is 5.01 Å². The Morgan fingerprint density at radius 1 is 1.14 bits per heavy atom. The second kappa shape index (κ2) is 9.68. The molecule has 0 aliphatic rings. The fourth-order valence-corrected chi connectivity index (χ4v) is 2.06. The van der Waals surface area contributed by atoms with Crippen LogP contribution in [-0.4, -0.2) is 18.6 Å². The number of pyridine rings is 1. The first-order valence-corrected chi connectivity index (χ1v) is 7.79. The lowest BCUT2D eigenvalue weighted by Gasteiger charge is -2.11. The van der Waals surface area contributed by atoms with Crippen molar-refractivity contribution in [3.05, 3.63) is 60.4 Å². The third-order valence-electron chi connectivity index (χ3n) is 2.98. The maximum Gasteiger partial charge on any atom is 0.169 e. The van der Waals surface area contributed by atoms with Crippen molar-refractivity contribution in [1.82, 2.24) is 0 Å². The van der Waals surface area contributed by atoms with Gasteiger partial charge in [-0.15, -0.1) is 17.0 Å². The molecule has 1 heterocycles. The molecule has 0 unspecified atom stereocenters. The van der Waals surface area contributed by atoms with E-state index in [-0.39, 0.29) is 17.0 Å². The van der Waals surface area contributed by atoms with Crippen molar-refractivity contribution in [2.75, 3.05) is 17.4 Å². The number of aryl methyl sites for hydroxylation is 1. The zero-order chi connectivity index (χ0) is 14.2. The van der Waals surface area contributed by atoms with Crippen LogP contribution in [0.1, 0.15) is 12.0 Å².